The highest BCUT2D eigenvalue weighted by molar-refractivity contribution is 5.89. The van der Waals surface area contributed by atoms with Crippen molar-refractivity contribution in [3.8, 4) is 0 Å². The lowest BCUT2D eigenvalue weighted by atomic mass is 10.0. The van der Waals surface area contributed by atoms with Crippen LogP contribution < -0.4 is 10.6 Å². The van der Waals surface area contributed by atoms with Gasteiger partial charge in [0, 0.05) is 17.5 Å². The molecule has 3 rings (SSSR count). The Morgan fingerprint density at radius 1 is 0.912 bits per heavy atom. The number of ether oxygens (including phenoxy) is 1. The second-order valence-electron chi connectivity index (χ2n) is 8.49. The number of amides is 2. The number of hydrogen-bond donors (Lipinski definition) is 3. The van der Waals surface area contributed by atoms with Crippen LogP contribution in [0.1, 0.15) is 31.5 Å². The number of aliphatic carboxylic acids is 1. The summed E-state index contributed by atoms with van der Waals surface area (Å²) in [5.41, 5.74) is 2.11. The van der Waals surface area contributed by atoms with Gasteiger partial charge in [-0.15, -0.1) is 0 Å². The van der Waals surface area contributed by atoms with Crippen LogP contribution in [0.3, 0.4) is 0 Å². The topological polar surface area (TPSA) is 118 Å². The maximum atomic E-state index is 12.9. The Balaban J connectivity index is 1.64. The molecule has 0 radical (unpaired) electrons. The number of carboxylic acid groups (broad SMARTS) is 1. The summed E-state index contributed by atoms with van der Waals surface area (Å²) < 4.78 is 5.22. The van der Waals surface area contributed by atoms with Gasteiger partial charge in [-0.3, -0.25) is 9.78 Å². The van der Waals surface area contributed by atoms with E-state index >= 15 is 0 Å². The van der Waals surface area contributed by atoms with Crippen molar-refractivity contribution in [1.29, 1.82) is 0 Å². The standard InChI is InChI=1S/C26H29N3O5/c1-17(2)14-22(29-26(33)34-16-18-8-4-3-5-9-18)24(30)28-23(25(31)32)15-20-13-12-19-10-6-7-11-21(19)27-20/h3-13,17,22-23H,14-16H2,1-2H3,(H,28,30)(H,29,33)(H,31,32)/t22-,23-/m0/s1. The van der Waals surface area contributed by atoms with Gasteiger partial charge in [-0.05, 0) is 30.0 Å². The lowest BCUT2D eigenvalue weighted by Crippen LogP contribution is -2.52. The van der Waals surface area contributed by atoms with Gasteiger partial charge in [0.1, 0.15) is 18.7 Å². The van der Waals surface area contributed by atoms with Crippen LogP contribution in [0.4, 0.5) is 4.79 Å². The highest BCUT2D eigenvalue weighted by Gasteiger charge is 2.28. The molecule has 3 aromatic rings. The van der Waals surface area contributed by atoms with Crippen molar-refractivity contribution in [3.05, 3.63) is 78.0 Å². The largest absolute Gasteiger partial charge is 0.480 e. The molecule has 3 N–H and O–H groups in total. The summed E-state index contributed by atoms with van der Waals surface area (Å²) in [5, 5.41) is 15.8. The summed E-state index contributed by atoms with van der Waals surface area (Å²) in [7, 11) is 0. The summed E-state index contributed by atoms with van der Waals surface area (Å²) in [6, 6.07) is 18.2. The molecule has 2 atom stereocenters. The molecule has 0 aliphatic carbocycles. The smallest absolute Gasteiger partial charge is 0.408 e. The van der Waals surface area contributed by atoms with Crippen molar-refractivity contribution >= 4 is 28.9 Å². The maximum Gasteiger partial charge on any atom is 0.408 e. The number of carbonyl (C=O) groups excluding carboxylic acids is 2. The van der Waals surface area contributed by atoms with Crippen molar-refractivity contribution in [2.45, 2.75) is 45.4 Å². The number of carboxylic acids is 1. The number of carbonyl (C=O) groups is 3. The average Bonchev–Trinajstić information content (AvgIpc) is 2.82. The van der Waals surface area contributed by atoms with Gasteiger partial charge in [-0.25, -0.2) is 9.59 Å². The summed E-state index contributed by atoms with van der Waals surface area (Å²) in [4.78, 5) is 41.6. The molecular formula is C26H29N3O5. The SMILES string of the molecule is CC(C)C[C@H](NC(=O)OCc1ccccc1)C(=O)N[C@@H](Cc1ccc2ccccc2n1)C(=O)O. The fourth-order valence-electron chi connectivity index (χ4n) is 3.51. The molecular weight excluding hydrogens is 434 g/mol. The van der Waals surface area contributed by atoms with Gasteiger partial charge in [0.2, 0.25) is 5.91 Å². The first-order chi connectivity index (χ1) is 16.3. The van der Waals surface area contributed by atoms with E-state index in [1.54, 1.807) is 6.07 Å². The van der Waals surface area contributed by atoms with E-state index in [4.69, 9.17) is 4.74 Å². The lowest BCUT2D eigenvalue weighted by Gasteiger charge is -2.22. The molecule has 0 spiro atoms. The number of para-hydroxylation sites is 1. The van der Waals surface area contributed by atoms with E-state index in [2.05, 4.69) is 15.6 Å². The number of alkyl carbamates (subject to hydrolysis) is 1. The van der Waals surface area contributed by atoms with E-state index in [9.17, 15) is 19.5 Å². The predicted octanol–water partition coefficient (Wildman–Crippen LogP) is 3.69. The quantitative estimate of drug-likeness (QED) is 0.422. The minimum Gasteiger partial charge on any atom is -0.480 e. The predicted molar refractivity (Wildman–Crippen MR) is 128 cm³/mol. The first-order valence-corrected chi connectivity index (χ1v) is 11.2. The number of benzene rings is 2. The number of pyridine rings is 1. The zero-order valence-electron chi connectivity index (χ0n) is 19.2. The summed E-state index contributed by atoms with van der Waals surface area (Å²) in [6.07, 6.45) is -0.404. The zero-order valence-corrected chi connectivity index (χ0v) is 19.2. The number of rotatable bonds is 10. The molecule has 0 fully saturated rings. The summed E-state index contributed by atoms with van der Waals surface area (Å²) in [5.74, 6) is -1.69. The number of aromatic nitrogens is 1. The molecule has 8 nitrogen and oxygen atoms in total. The van der Waals surface area contributed by atoms with Crippen molar-refractivity contribution in [1.82, 2.24) is 15.6 Å². The highest BCUT2D eigenvalue weighted by Crippen LogP contribution is 2.13. The third kappa shape index (κ3) is 7.30. The number of nitrogens with one attached hydrogen (secondary N) is 2. The molecule has 0 aliphatic rings. The van der Waals surface area contributed by atoms with Crippen LogP contribution in [0.15, 0.2) is 66.7 Å². The highest BCUT2D eigenvalue weighted by atomic mass is 16.5. The first-order valence-electron chi connectivity index (χ1n) is 11.2. The van der Waals surface area contributed by atoms with Crippen molar-refractivity contribution in [3.63, 3.8) is 0 Å². The van der Waals surface area contributed by atoms with Gasteiger partial charge in [-0.2, -0.15) is 0 Å². The van der Waals surface area contributed by atoms with Crippen molar-refractivity contribution in [2.75, 3.05) is 0 Å². The van der Waals surface area contributed by atoms with Gasteiger partial charge in [0.25, 0.3) is 0 Å². The molecule has 0 aliphatic heterocycles. The van der Waals surface area contributed by atoms with Crippen LogP contribution in [0.5, 0.6) is 0 Å². The Bertz CT molecular complexity index is 1130. The zero-order chi connectivity index (χ0) is 24.5. The molecule has 0 bridgehead atoms. The van der Waals surface area contributed by atoms with Gasteiger partial charge in [0.05, 0.1) is 5.52 Å². The monoisotopic (exact) mass is 463 g/mol. The van der Waals surface area contributed by atoms with E-state index in [0.717, 1.165) is 16.5 Å². The molecule has 0 unspecified atom stereocenters. The van der Waals surface area contributed by atoms with Crippen LogP contribution in [-0.2, 0) is 27.4 Å². The molecule has 1 heterocycles. The normalized spacial score (nSPS) is 12.7. The Hall–Kier alpha value is -3.94. The lowest BCUT2D eigenvalue weighted by molar-refractivity contribution is -0.142. The molecule has 2 amide bonds. The van der Waals surface area contributed by atoms with Crippen LogP contribution in [0.2, 0.25) is 0 Å². The van der Waals surface area contributed by atoms with Crippen LogP contribution in [-0.4, -0.2) is 40.1 Å². The summed E-state index contributed by atoms with van der Waals surface area (Å²) >= 11 is 0. The fraction of sp³-hybridized carbons (Fsp3) is 0.308. The van der Waals surface area contributed by atoms with Gasteiger partial charge in [-0.1, -0.05) is 68.4 Å². The Kier molecular flexibility index (Phi) is 8.56. The van der Waals surface area contributed by atoms with Crippen molar-refractivity contribution in [2.24, 2.45) is 5.92 Å². The molecule has 8 heteroatoms. The molecule has 34 heavy (non-hydrogen) atoms. The molecule has 178 valence electrons. The van der Waals surface area contributed by atoms with Crippen LogP contribution in [0.25, 0.3) is 10.9 Å². The van der Waals surface area contributed by atoms with Crippen LogP contribution in [0, 0.1) is 5.92 Å². The second kappa shape index (κ2) is 11.8. The second-order valence-corrected chi connectivity index (χ2v) is 8.49. The van der Waals surface area contributed by atoms with E-state index < -0.39 is 30.1 Å². The Morgan fingerprint density at radius 3 is 2.32 bits per heavy atom. The molecule has 0 saturated carbocycles. The van der Waals surface area contributed by atoms with Gasteiger partial charge < -0.3 is 20.5 Å². The number of fused-ring (bicyclic) bond motifs is 1. The van der Waals surface area contributed by atoms with Gasteiger partial charge >= 0.3 is 12.1 Å². The van der Waals surface area contributed by atoms with Gasteiger partial charge in [0.15, 0.2) is 0 Å². The maximum absolute atomic E-state index is 12.9. The molecule has 1 aromatic heterocycles. The number of nitrogens with zero attached hydrogens (tertiary/aromatic N) is 1. The van der Waals surface area contributed by atoms with Crippen molar-refractivity contribution < 1.29 is 24.2 Å². The third-order valence-electron chi connectivity index (χ3n) is 5.21. The summed E-state index contributed by atoms with van der Waals surface area (Å²) in [6.45, 7) is 3.88. The Labute approximate surface area is 198 Å². The van der Waals surface area contributed by atoms with Crippen LogP contribution >= 0.6 is 0 Å². The van der Waals surface area contributed by atoms with E-state index in [1.165, 1.54) is 0 Å². The number of hydrogen-bond acceptors (Lipinski definition) is 5. The fourth-order valence-corrected chi connectivity index (χ4v) is 3.51. The molecule has 0 saturated heterocycles. The van der Waals surface area contributed by atoms with E-state index in [1.807, 2.05) is 74.5 Å². The first kappa shape index (κ1) is 24.7. The molecule has 2 aromatic carbocycles. The van der Waals surface area contributed by atoms with E-state index in [-0.39, 0.29) is 18.9 Å². The average molecular weight is 464 g/mol. The Morgan fingerprint density at radius 2 is 1.62 bits per heavy atom. The van der Waals surface area contributed by atoms with E-state index in [0.29, 0.717) is 12.1 Å². The minimum atomic E-state index is -1.20. The minimum absolute atomic E-state index is 0.0127. The third-order valence-corrected chi connectivity index (χ3v) is 5.21.